The number of aryl methyl sites for hydroxylation is 1. The van der Waals surface area contributed by atoms with Gasteiger partial charge in [-0.05, 0) is 89.9 Å². The number of amides is 4. The van der Waals surface area contributed by atoms with Gasteiger partial charge < -0.3 is 47.6 Å². The number of esters is 1. The first-order valence-corrected chi connectivity index (χ1v) is 29.8. The Labute approximate surface area is 463 Å². The molecule has 1 fully saturated rings. The minimum atomic E-state index is -2.49. The molecule has 26 heteroatoms. The van der Waals surface area contributed by atoms with Crippen LogP contribution in [-0.2, 0) is 67.0 Å². The molecule has 0 aliphatic carbocycles. The number of methoxy groups -OCH3 is 1. The molecule has 2 unspecified atom stereocenters. The number of pyridine rings is 1. The number of carbonyl (C=O) groups excluding carboxylic acids is 6. The van der Waals surface area contributed by atoms with Gasteiger partial charge in [0.25, 0.3) is 11.8 Å². The average Bonchev–Trinajstić information content (AvgIpc) is 3.96. The maximum absolute atomic E-state index is 14.6. The van der Waals surface area contributed by atoms with Crippen molar-refractivity contribution in [1.29, 1.82) is 0 Å². The van der Waals surface area contributed by atoms with Gasteiger partial charge in [-0.1, -0.05) is 61.0 Å². The van der Waals surface area contributed by atoms with Crippen LogP contribution in [0, 0.1) is 0 Å². The van der Waals surface area contributed by atoms with Crippen molar-refractivity contribution >= 4 is 109 Å². The molecule has 2 aliphatic heterocycles. The Morgan fingerprint density at radius 1 is 1.01 bits per heavy atom. The molecule has 4 aromatic rings. The summed E-state index contributed by atoms with van der Waals surface area (Å²) in [4.78, 5) is 94.7. The summed E-state index contributed by atoms with van der Waals surface area (Å²) in [6.07, 6.45) is 1.66. The summed E-state index contributed by atoms with van der Waals surface area (Å²) in [7, 11) is 6.05. The summed E-state index contributed by atoms with van der Waals surface area (Å²) in [5.74, 6) is -2.60. The predicted octanol–water partition coefficient (Wildman–Crippen LogP) is 7.49. The first-order chi connectivity index (χ1) is 36.0. The lowest BCUT2D eigenvalue weighted by Gasteiger charge is -2.49. The third kappa shape index (κ3) is 15.3. The molecule has 2 aliphatic rings. The minimum Gasteiger partial charge on any atom is -0.541 e. The number of halogens is 1. The van der Waals surface area contributed by atoms with E-state index >= 15 is 0 Å². The Kier molecular flexibility index (Phi) is 19.3. The zero-order valence-electron chi connectivity index (χ0n) is 45.6. The third-order valence-electron chi connectivity index (χ3n) is 12.5. The van der Waals surface area contributed by atoms with Gasteiger partial charge in [0, 0.05) is 49.8 Å². The van der Waals surface area contributed by atoms with Crippen LogP contribution in [-0.4, -0.2) is 139 Å². The Hall–Kier alpha value is -6.15. The molecular weight excluding hydrogens is 1070 g/mol. The van der Waals surface area contributed by atoms with Crippen LogP contribution in [0.15, 0.2) is 71.3 Å². The van der Waals surface area contributed by atoms with E-state index in [2.05, 4.69) is 30.0 Å². The van der Waals surface area contributed by atoms with Crippen LogP contribution in [0.4, 0.5) is 14.7 Å². The number of oxime groups is 1. The number of fused-ring (bicyclic) bond motifs is 2. The van der Waals surface area contributed by atoms with Crippen LogP contribution in [0.3, 0.4) is 0 Å². The molecule has 5 heterocycles. The summed E-state index contributed by atoms with van der Waals surface area (Å²) in [5.41, 5.74) is 0.710. The number of thiazole rings is 1. The molecule has 4 amide bonds. The number of β-lactam (4-membered cyclic amide) rings is 1. The Bertz CT molecular complexity index is 2910. The van der Waals surface area contributed by atoms with Gasteiger partial charge in [0.2, 0.25) is 11.6 Å². The molecule has 21 nitrogen and oxygen atoms in total. The highest BCUT2D eigenvalue weighted by Crippen LogP contribution is 2.42. The summed E-state index contributed by atoms with van der Waals surface area (Å²) in [6.45, 7) is 21.2. The summed E-state index contributed by atoms with van der Waals surface area (Å²) < 4.78 is 36.7. The zero-order valence-corrected chi connectivity index (χ0v) is 49.0. The van der Waals surface area contributed by atoms with E-state index in [1.807, 2.05) is 89.8 Å². The number of rotatable bonds is 20. The first-order valence-electron chi connectivity index (χ1n) is 24.6. The van der Waals surface area contributed by atoms with E-state index in [0.29, 0.717) is 36.4 Å². The van der Waals surface area contributed by atoms with Crippen LogP contribution in [0.5, 0.6) is 5.75 Å². The topological polar surface area (TPSA) is 232 Å². The Balaban J connectivity index is 1.29. The van der Waals surface area contributed by atoms with Crippen molar-refractivity contribution in [2.75, 3.05) is 38.4 Å². The molecule has 3 atom stereocenters. The second-order valence-electron chi connectivity index (χ2n) is 21.7. The highest BCUT2D eigenvalue weighted by molar-refractivity contribution is 8.00. The lowest BCUT2D eigenvalue weighted by molar-refractivity contribution is -0.663. The predicted molar refractivity (Wildman–Crippen MR) is 294 cm³/mol. The van der Waals surface area contributed by atoms with Crippen molar-refractivity contribution < 1.29 is 66.2 Å². The normalized spacial score (nSPS) is 16.5. The van der Waals surface area contributed by atoms with Crippen molar-refractivity contribution in [3.63, 3.8) is 0 Å². The molecule has 6 rings (SSSR count). The number of aromatic nitrogens is 3. The number of nitrogens with one attached hydrogen (secondary N) is 2. The van der Waals surface area contributed by atoms with E-state index in [-0.39, 0.29) is 51.4 Å². The van der Waals surface area contributed by atoms with Crippen LogP contribution < -0.4 is 19.9 Å². The standard InChI is InChI=1S/C51H66BClN8O13S2Si/c1-49(2,3)71-47(66)56-46-55-36(40(53)76-46)37(57-74-35(44(64)73-52)28-70-77(12,13)51(7,8)9)41(62)54-38-42(63)61-39(45(65)69-27-30-17-19-32(68-11)20-18-30)31(29-75-43(38)61)26-60-23-14-16-33-34(60)21-25-59(33)24-15-22-58(10)48(67)72-50(4,5)6/h14,16-21,23,25,35,38,43H,15,22,24,26-29H2,1-13H3,(H-,54,55,56,62,66)/p+1/t35-,38?,43?/m0/s1. The molecule has 77 heavy (non-hydrogen) atoms. The monoisotopic (exact) mass is 1140 g/mol. The highest BCUT2D eigenvalue weighted by Gasteiger charge is 2.55. The SMILES string of the molecule is [B]OC(=O)[C@H](CO[Si](C)(C)C(C)(C)C)ON=C(C(=O)NC1C(=O)N2C(C(=O)OCc3ccc(OC)cc3)=C(C[n+]3cccc4c3ccn4CCCN(C)C(=O)OC(C)(C)C)CSC12)c1nc(NC(=O)OC(C)(C)C)sc1Cl. The van der Waals surface area contributed by atoms with Crippen LogP contribution >= 0.6 is 34.7 Å². The van der Waals surface area contributed by atoms with Crippen molar-refractivity contribution in [2.24, 2.45) is 5.16 Å². The molecule has 0 bridgehead atoms. The number of nitrogens with zero attached hydrogens (tertiary/aromatic N) is 6. The second-order valence-corrected chi connectivity index (χ2v) is 29.2. The van der Waals surface area contributed by atoms with Crippen molar-refractivity contribution in [3.05, 3.63) is 81.7 Å². The molecule has 2 N–H and O–H groups in total. The smallest absolute Gasteiger partial charge is 0.413 e. The molecule has 0 spiro atoms. The number of benzene rings is 1. The van der Waals surface area contributed by atoms with E-state index in [4.69, 9.17) is 47.9 Å². The fourth-order valence-electron chi connectivity index (χ4n) is 7.52. The number of hydrogen-bond acceptors (Lipinski definition) is 17. The number of hydrogen-bond donors (Lipinski definition) is 2. The summed E-state index contributed by atoms with van der Waals surface area (Å²) in [6, 6.07) is 11.6. The van der Waals surface area contributed by atoms with E-state index in [1.165, 1.54) is 16.7 Å². The fraction of sp³-hybridized carbons (Fsp3) is 0.510. The van der Waals surface area contributed by atoms with E-state index in [9.17, 15) is 28.8 Å². The number of ether oxygens (including phenoxy) is 4. The Morgan fingerprint density at radius 3 is 2.34 bits per heavy atom. The van der Waals surface area contributed by atoms with Gasteiger partial charge in [0.15, 0.2) is 31.9 Å². The number of thioether (sulfide) groups is 1. The van der Waals surface area contributed by atoms with Gasteiger partial charge in [-0.15, -0.1) is 11.8 Å². The van der Waals surface area contributed by atoms with Gasteiger partial charge in [-0.3, -0.25) is 19.8 Å². The van der Waals surface area contributed by atoms with Gasteiger partial charge in [0.05, 0.1) is 13.7 Å². The van der Waals surface area contributed by atoms with Crippen molar-refractivity contribution in [2.45, 2.75) is 135 Å². The fourth-order valence-corrected chi connectivity index (χ4v) is 10.9. The van der Waals surface area contributed by atoms with Gasteiger partial charge in [-0.2, -0.15) is 4.57 Å². The maximum atomic E-state index is 14.6. The molecule has 2 radical (unpaired) electrons. The number of anilines is 1. The number of carbonyl (C=O) groups is 6. The molecule has 414 valence electrons. The van der Waals surface area contributed by atoms with Crippen molar-refractivity contribution in [3.8, 4) is 5.75 Å². The van der Waals surface area contributed by atoms with Gasteiger partial charge in [0.1, 0.15) is 56.2 Å². The van der Waals surface area contributed by atoms with Crippen LogP contribution in [0.2, 0.25) is 22.5 Å². The molecule has 1 saturated heterocycles. The van der Waals surface area contributed by atoms with Gasteiger partial charge >= 0.3 is 32.2 Å². The Morgan fingerprint density at radius 2 is 1.70 bits per heavy atom. The first kappa shape index (κ1) is 60.1. The van der Waals surface area contributed by atoms with Gasteiger partial charge in [-0.25, -0.2) is 24.2 Å². The molecular formula is C51H67BClN8O13S2Si+. The molecule has 3 aromatic heterocycles. The quantitative estimate of drug-likeness (QED) is 0.0166. The maximum Gasteiger partial charge on any atom is 0.413 e. The molecule has 1 aromatic carbocycles. The van der Waals surface area contributed by atoms with E-state index < -0.39 is 78.7 Å². The average molecular weight is 1140 g/mol. The summed E-state index contributed by atoms with van der Waals surface area (Å²) in [5, 5.41) is 8.12. The molecule has 0 saturated carbocycles. The highest BCUT2D eigenvalue weighted by atomic mass is 35.5. The van der Waals surface area contributed by atoms with Crippen LogP contribution in [0.1, 0.15) is 80.0 Å². The largest absolute Gasteiger partial charge is 0.541 e. The lowest BCUT2D eigenvalue weighted by Crippen LogP contribution is -2.71. The van der Waals surface area contributed by atoms with Crippen molar-refractivity contribution in [1.82, 2.24) is 24.7 Å². The minimum absolute atomic E-state index is 0.0226. The third-order valence-corrected chi connectivity index (χ3v) is 19.5. The zero-order chi connectivity index (χ0) is 56.8. The van der Waals surface area contributed by atoms with Crippen LogP contribution in [0.25, 0.3) is 11.0 Å². The summed E-state index contributed by atoms with van der Waals surface area (Å²) >= 11 is 8.78. The lowest BCUT2D eigenvalue weighted by atomic mass is 10.0. The van der Waals surface area contributed by atoms with E-state index in [0.717, 1.165) is 22.4 Å². The second kappa shape index (κ2) is 24.7. The van der Waals surface area contributed by atoms with E-state index in [1.54, 1.807) is 64.1 Å².